The van der Waals surface area contributed by atoms with E-state index in [1.165, 1.54) is 18.4 Å². The zero-order chi connectivity index (χ0) is 24.0. The molecule has 1 aromatic heterocycles. The second-order valence-electron chi connectivity index (χ2n) is 9.20. The average molecular weight is 449 g/mol. The Morgan fingerprint density at radius 1 is 1.30 bits per heavy atom. The van der Waals surface area contributed by atoms with Crippen LogP contribution in [0.1, 0.15) is 63.1 Å². The van der Waals surface area contributed by atoms with Gasteiger partial charge in [-0.1, -0.05) is 26.8 Å². The van der Waals surface area contributed by atoms with Gasteiger partial charge in [-0.05, 0) is 76.0 Å². The van der Waals surface area contributed by atoms with E-state index in [4.69, 9.17) is 14.7 Å². The Morgan fingerprint density at radius 3 is 2.73 bits per heavy atom. The highest BCUT2D eigenvalue weighted by Crippen LogP contribution is 2.35. The molecule has 1 aliphatic rings. The molecule has 0 spiro atoms. The van der Waals surface area contributed by atoms with Gasteiger partial charge >= 0.3 is 0 Å². The lowest BCUT2D eigenvalue weighted by molar-refractivity contribution is 0.257. The quantitative estimate of drug-likeness (QED) is 0.432. The molecule has 0 bridgehead atoms. The number of aromatic nitrogens is 1. The summed E-state index contributed by atoms with van der Waals surface area (Å²) in [6.45, 7) is 12.7. The van der Waals surface area contributed by atoms with Gasteiger partial charge < -0.3 is 14.5 Å². The number of rotatable bonds is 9. The van der Waals surface area contributed by atoms with Crippen molar-refractivity contribution in [2.45, 2.75) is 58.9 Å². The molecule has 0 aliphatic carbocycles. The average Bonchev–Trinajstić information content (AvgIpc) is 2.83. The van der Waals surface area contributed by atoms with Gasteiger partial charge in [0.2, 0.25) is 0 Å². The zero-order valence-electron chi connectivity index (χ0n) is 21.3. The number of allylic oxidation sites excluding steroid dienone is 1. The molecule has 1 atom stereocenters. The lowest BCUT2D eigenvalue weighted by Crippen LogP contribution is -2.45. The van der Waals surface area contributed by atoms with E-state index in [9.17, 15) is 0 Å². The van der Waals surface area contributed by atoms with Gasteiger partial charge in [0.15, 0.2) is 0 Å². The molecular formula is C28H40N4O. The molecule has 5 heteroatoms. The van der Waals surface area contributed by atoms with Gasteiger partial charge in [-0.2, -0.15) is 0 Å². The van der Waals surface area contributed by atoms with Crippen LogP contribution in [0.15, 0.2) is 42.0 Å². The fraction of sp³-hybridized carbons (Fsp3) is 0.500. The normalized spacial score (nSPS) is 16.9. The van der Waals surface area contributed by atoms with Gasteiger partial charge in [0.1, 0.15) is 11.6 Å². The van der Waals surface area contributed by atoms with Crippen molar-refractivity contribution in [2.24, 2.45) is 4.99 Å². The van der Waals surface area contributed by atoms with E-state index < -0.39 is 0 Å². The summed E-state index contributed by atoms with van der Waals surface area (Å²) in [6.07, 6.45) is 7.12. The summed E-state index contributed by atoms with van der Waals surface area (Å²) in [5.41, 5.74) is 6.51. The number of nitrogens with zero attached hydrogens (tertiary/aromatic N) is 4. The highest BCUT2D eigenvalue weighted by Gasteiger charge is 2.25. The Morgan fingerprint density at radius 2 is 2.09 bits per heavy atom. The number of pyridine rings is 1. The van der Waals surface area contributed by atoms with E-state index in [2.05, 4.69) is 63.4 Å². The molecular weight excluding hydrogens is 408 g/mol. The second kappa shape index (κ2) is 11.5. The SMILES string of the molecule is C=C(C)c1c(CC)cc(OC)cc1N=C(CCC)c1cccnc1N1CCCC(N(C)C)C1. The molecule has 3 rings (SSSR count). The van der Waals surface area contributed by atoms with E-state index in [0.29, 0.717) is 6.04 Å². The molecule has 0 saturated carbocycles. The molecule has 0 N–H and O–H groups in total. The molecule has 1 aromatic carbocycles. The maximum atomic E-state index is 5.61. The molecule has 1 saturated heterocycles. The number of anilines is 1. The highest BCUT2D eigenvalue weighted by molar-refractivity contribution is 6.06. The first-order valence-electron chi connectivity index (χ1n) is 12.2. The fourth-order valence-corrected chi connectivity index (χ4v) is 4.71. The van der Waals surface area contributed by atoms with Gasteiger partial charge in [-0.25, -0.2) is 4.98 Å². The number of likely N-dealkylation sites (N-methyl/N-ethyl adjacent to an activating group) is 1. The van der Waals surface area contributed by atoms with Gasteiger partial charge in [0.05, 0.1) is 18.5 Å². The minimum atomic E-state index is 0.542. The van der Waals surface area contributed by atoms with Crippen molar-refractivity contribution in [1.82, 2.24) is 9.88 Å². The van der Waals surface area contributed by atoms with Crippen LogP contribution in [0.25, 0.3) is 5.57 Å². The molecule has 2 heterocycles. The van der Waals surface area contributed by atoms with E-state index in [1.54, 1.807) is 7.11 Å². The van der Waals surface area contributed by atoms with Crippen molar-refractivity contribution in [2.75, 3.05) is 39.2 Å². The first-order valence-corrected chi connectivity index (χ1v) is 12.2. The summed E-state index contributed by atoms with van der Waals surface area (Å²) in [5.74, 6) is 1.88. The van der Waals surface area contributed by atoms with Crippen LogP contribution in [-0.4, -0.2) is 55.9 Å². The molecule has 2 aromatic rings. The van der Waals surface area contributed by atoms with Gasteiger partial charge in [0.25, 0.3) is 0 Å². The predicted octanol–water partition coefficient (Wildman–Crippen LogP) is 6.14. The standard InChI is InChI=1S/C28H40N4O/c1-8-12-25(30-26-18-23(33-7)17-21(9-2)27(26)20(3)4)24-14-10-15-29-28(24)32-16-11-13-22(19-32)31(5)6/h10,14-15,17-18,22H,3,8-9,11-13,16,19H2,1-2,4-7H3. The minimum Gasteiger partial charge on any atom is -0.497 e. The first-order chi connectivity index (χ1) is 15.9. The smallest absolute Gasteiger partial charge is 0.137 e. The van der Waals surface area contributed by atoms with Crippen LogP contribution in [0.5, 0.6) is 5.75 Å². The van der Waals surface area contributed by atoms with E-state index in [1.807, 2.05) is 18.3 Å². The Bertz CT molecular complexity index is 995. The number of aryl methyl sites for hydroxylation is 1. The van der Waals surface area contributed by atoms with E-state index >= 15 is 0 Å². The number of aliphatic imine (C=N–C) groups is 1. The van der Waals surface area contributed by atoms with Crippen LogP contribution in [0.2, 0.25) is 0 Å². The molecule has 178 valence electrons. The molecule has 33 heavy (non-hydrogen) atoms. The zero-order valence-corrected chi connectivity index (χ0v) is 21.3. The fourth-order valence-electron chi connectivity index (χ4n) is 4.71. The maximum absolute atomic E-state index is 5.61. The molecule has 0 amide bonds. The van der Waals surface area contributed by atoms with Crippen molar-refractivity contribution < 1.29 is 4.74 Å². The first kappa shape index (κ1) is 25.0. The highest BCUT2D eigenvalue weighted by atomic mass is 16.5. The number of methoxy groups -OCH3 is 1. The lowest BCUT2D eigenvalue weighted by atomic mass is 9.97. The number of hydrogen-bond donors (Lipinski definition) is 0. The van der Waals surface area contributed by atoms with Crippen LogP contribution in [0.3, 0.4) is 0 Å². The summed E-state index contributed by atoms with van der Waals surface area (Å²) in [4.78, 5) is 14.9. The van der Waals surface area contributed by atoms with Crippen molar-refractivity contribution >= 4 is 22.8 Å². The number of ether oxygens (including phenoxy) is 1. The Hall–Kier alpha value is -2.66. The predicted molar refractivity (Wildman–Crippen MR) is 141 cm³/mol. The molecule has 0 radical (unpaired) electrons. The van der Waals surface area contributed by atoms with E-state index in [-0.39, 0.29) is 0 Å². The van der Waals surface area contributed by atoms with Gasteiger partial charge in [-0.15, -0.1) is 0 Å². The van der Waals surface area contributed by atoms with E-state index in [0.717, 1.165) is 72.0 Å². The summed E-state index contributed by atoms with van der Waals surface area (Å²) in [7, 11) is 6.06. The lowest BCUT2D eigenvalue weighted by Gasteiger charge is -2.37. The summed E-state index contributed by atoms with van der Waals surface area (Å²) in [6, 6.07) is 8.89. The molecule has 1 aliphatic heterocycles. The van der Waals surface area contributed by atoms with Gasteiger partial charge in [0, 0.05) is 42.5 Å². The minimum absolute atomic E-state index is 0.542. The third-order valence-corrected chi connectivity index (χ3v) is 6.48. The summed E-state index contributed by atoms with van der Waals surface area (Å²) < 4.78 is 5.61. The third kappa shape index (κ3) is 5.83. The summed E-state index contributed by atoms with van der Waals surface area (Å²) in [5, 5.41) is 0. The maximum Gasteiger partial charge on any atom is 0.137 e. The Kier molecular flexibility index (Phi) is 8.67. The molecule has 1 unspecified atom stereocenters. The van der Waals surface area contributed by atoms with Crippen molar-refractivity contribution in [3.05, 3.63) is 53.7 Å². The van der Waals surface area contributed by atoms with Crippen LogP contribution >= 0.6 is 0 Å². The van der Waals surface area contributed by atoms with Crippen molar-refractivity contribution in [3.8, 4) is 5.75 Å². The van der Waals surface area contributed by atoms with Crippen LogP contribution in [-0.2, 0) is 6.42 Å². The van der Waals surface area contributed by atoms with Crippen molar-refractivity contribution in [1.29, 1.82) is 0 Å². The van der Waals surface area contributed by atoms with Gasteiger partial charge in [-0.3, -0.25) is 4.99 Å². The number of piperidine rings is 1. The largest absolute Gasteiger partial charge is 0.497 e. The Labute approximate surface area is 200 Å². The van der Waals surface area contributed by atoms with Crippen LogP contribution in [0, 0.1) is 0 Å². The monoisotopic (exact) mass is 448 g/mol. The number of benzene rings is 1. The van der Waals surface area contributed by atoms with Crippen molar-refractivity contribution in [3.63, 3.8) is 0 Å². The molecule has 1 fully saturated rings. The Balaban J connectivity index is 2.13. The number of hydrogen-bond acceptors (Lipinski definition) is 5. The van der Waals surface area contributed by atoms with Crippen LogP contribution in [0.4, 0.5) is 11.5 Å². The topological polar surface area (TPSA) is 41.0 Å². The van der Waals surface area contributed by atoms with Crippen LogP contribution < -0.4 is 9.64 Å². The third-order valence-electron chi connectivity index (χ3n) is 6.48. The second-order valence-corrected chi connectivity index (χ2v) is 9.20. The molecule has 5 nitrogen and oxygen atoms in total. The summed E-state index contributed by atoms with van der Waals surface area (Å²) >= 11 is 0.